The molecular weight excluding hydrogens is 264 g/mol. The topological polar surface area (TPSA) is 55.6 Å². The van der Waals surface area contributed by atoms with E-state index in [4.69, 9.17) is 22.1 Å². The lowest BCUT2D eigenvalue weighted by molar-refractivity contribution is -0.130. The lowest BCUT2D eigenvalue weighted by atomic mass is 10.2. The van der Waals surface area contributed by atoms with Gasteiger partial charge in [0.15, 0.2) is 0 Å². The lowest BCUT2D eigenvalue weighted by Gasteiger charge is -2.17. The normalized spacial score (nSPS) is 10.3. The molecule has 0 bridgehead atoms. The Morgan fingerprint density at radius 2 is 2.00 bits per heavy atom. The molecule has 0 saturated carbocycles. The Morgan fingerprint density at radius 1 is 1.32 bits per heavy atom. The molecule has 0 radical (unpaired) electrons. The second-order valence-corrected chi connectivity index (χ2v) is 4.80. The number of nitrogens with two attached hydrogens (primary N) is 1. The maximum absolute atomic E-state index is 11.6. The van der Waals surface area contributed by atoms with E-state index >= 15 is 0 Å². The summed E-state index contributed by atoms with van der Waals surface area (Å²) in [6.45, 7) is 1.83. The molecule has 1 aromatic carbocycles. The van der Waals surface area contributed by atoms with Gasteiger partial charge in [-0.1, -0.05) is 11.6 Å². The highest BCUT2D eigenvalue weighted by Gasteiger charge is 2.07. The minimum Gasteiger partial charge on any atom is -0.494 e. The number of carbonyl (C=O) groups excluding carboxylic acids is 1. The van der Waals surface area contributed by atoms with Gasteiger partial charge in [0.2, 0.25) is 5.91 Å². The maximum Gasteiger partial charge on any atom is 0.222 e. The van der Waals surface area contributed by atoms with Crippen LogP contribution >= 0.6 is 11.6 Å². The third-order valence-corrected chi connectivity index (χ3v) is 2.99. The van der Waals surface area contributed by atoms with Gasteiger partial charge in [-0.2, -0.15) is 0 Å². The number of nitrogens with zero attached hydrogens (tertiary/aromatic N) is 1. The lowest BCUT2D eigenvalue weighted by Crippen LogP contribution is -2.28. The summed E-state index contributed by atoms with van der Waals surface area (Å²) in [6, 6.07) is 7.25. The molecule has 1 aromatic rings. The van der Waals surface area contributed by atoms with Crippen LogP contribution in [0.3, 0.4) is 0 Å². The van der Waals surface area contributed by atoms with Crippen LogP contribution in [0.5, 0.6) is 5.75 Å². The Kier molecular flexibility index (Phi) is 7.30. The number of halogens is 1. The maximum atomic E-state index is 11.6. The average Bonchev–Trinajstić information content (AvgIpc) is 2.42. The summed E-state index contributed by atoms with van der Waals surface area (Å²) in [7, 11) is 1.81. The first-order valence-electron chi connectivity index (χ1n) is 6.46. The Morgan fingerprint density at radius 3 is 2.63 bits per heavy atom. The highest BCUT2D eigenvalue weighted by molar-refractivity contribution is 6.30. The molecule has 0 spiro atoms. The molecule has 0 fully saturated rings. The van der Waals surface area contributed by atoms with E-state index < -0.39 is 0 Å². The molecule has 0 aliphatic heterocycles. The SMILES string of the molecule is CN(CCCOc1ccc(Cl)cc1)C(=O)CCCN. The van der Waals surface area contributed by atoms with Crippen molar-refractivity contribution in [3.8, 4) is 5.75 Å². The quantitative estimate of drug-likeness (QED) is 0.745. The van der Waals surface area contributed by atoms with Crippen molar-refractivity contribution in [2.45, 2.75) is 19.3 Å². The fourth-order valence-corrected chi connectivity index (χ4v) is 1.72. The van der Waals surface area contributed by atoms with Crippen molar-refractivity contribution in [2.24, 2.45) is 5.73 Å². The van der Waals surface area contributed by atoms with Crippen molar-refractivity contribution in [3.63, 3.8) is 0 Å². The molecule has 1 rings (SSSR count). The van der Waals surface area contributed by atoms with Gasteiger partial charge < -0.3 is 15.4 Å². The highest BCUT2D eigenvalue weighted by atomic mass is 35.5. The third-order valence-electron chi connectivity index (χ3n) is 2.74. The molecule has 0 saturated heterocycles. The molecular formula is C14H21ClN2O2. The molecule has 5 heteroatoms. The van der Waals surface area contributed by atoms with Crippen LogP contribution < -0.4 is 10.5 Å². The zero-order valence-corrected chi connectivity index (χ0v) is 12.0. The zero-order chi connectivity index (χ0) is 14.1. The summed E-state index contributed by atoms with van der Waals surface area (Å²) in [4.78, 5) is 13.3. The Bertz CT molecular complexity index is 382. The van der Waals surface area contributed by atoms with E-state index in [-0.39, 0.29) is 5.91 Å². The van der Waals surface area contributed by atoms with E-state index in [0.29, 0.717) is 31.1 Å². The minimum absolute atomic E-state index is 0.136. The molecule has 0 aliphatic rings. The summed E-state index contributed by atoms with van der Waals surface area (Å²) < 4.78 is 5.56. The van der Waals surface area contributed by atoms with Gasteiger partial charge >= 0.3 is 0 Å². The van der Waals surface area contributed by atoms with Gasteiger partial charge in [0.05, 0.1) is 6.61 Å². The van der Waals surface area contributed by atoms with E-state index in [1.165, 1.54) is 0 Å². The van der Waals surface area contributed by atoms with Crippen LogP contribution in [0.4, 0.5) is 0 Å². The number of benzene rings is 1. The summed E-state index contributed by atoms with van der Waals surface area (Å²) >= 11 is 5.78. The van der Waals surface area contributed by atoms with Crippen molar-refractivity contribution < 1.29 is 9.53 Å². The fraction of sp³-hybridized carbons (Fsp3) is 0.500. The average molecular weight is 285 g/mol. The molecule has 0 aromatic heterocycles. The summed E-state index contributed by atoms with van der Waals surface area (Å²) in [5.74, 6) is 0.929. The Hall–Kier alpha value is -1.26. The van der Waals surface area contributed by atoms with Crippen molar-refractivity contribution >= 4 is 17.5 Å². The Balaban J connectivity index is 2.16. The van der Waals surface area contributed by atoms with E-state index in [1.807, 2.05) is 12.1 Å². The van der Waals surface area contributed by atoms with E-state index in [1.54, 1.807) is 24.1 Å². The van der Waals surface area contributed by atoms with Gasteiger partial charge in [0.1, 0.15) is 5.75 Å². The first-order valence-corrected chi connectivity index (χ1v) is 6.83. The van der Waals surface area contributed by atoms with Crippen LogP contribution in [0.2, 0.25) is 5.02 Å². The predicted molar refractivity (Wildman–Crippen MR) is 77.5 cm³/mol. The molecule has 19 heavy (non-hydrogen) atoms. The van der Waals surface area contributed by atoms with Gasteiger partial charge in [0.25, 0.3) is 0 Å². The minimum atomic E-state index is 0.136. The van der Waals surface area contributed by atoms with Gasteiger partial charge in [-0.25, -0.2) is 0 Å². The fourth-order valence-electron chi connectivity index (χ4n) is 1.59. The number of hydrogen-bond donors (Lipinski definition) is 1. The van der Waals surface area contributed by atoms with E-state index in [2.05, 4.69) is 0 Å². The van der Waals surface area contributed by atoms with Gasteiger partial charge in [-0.05, 0) is 43.7 Å². The van der Waals surface area contributed by atoms with Gasteiger partial charge in [0, 0.05) is 25.0 Å². The standard InChI is InChI=1S/C14H21ClN2O2/c1-17(14(18)4-2-9-16)10-3-11-19-13-7-5-12(15)6-8-13/h5-8H,2-4,9-11,16H2,1H3. The van der Waals surface area contributed by atoms with Gasteiger partial charge in [-0.15, -0.1) is 0 Å². The van der Waals surface area contributed by atoms with Crippen molar-refractivity contribution in [3.05, 3.63) is 29.3 Å². The third kappa shape index (κ3) is 6.45. The second kappa shape index (κ2) is 8.77. The molecule has 0 unspecified atom stereocenters. The summed E-state index contributed by atoms with van der Waals surface area (Å²) in [5.41, 5.74) is 5.37. The number of carbonyl (C=O) groups is 1. The van der Waals surface area contributed by atoms with Gasteiger partial charge in [-0.3, -0.25) is 4.79 Å². The Labute approximate surface area is 119 Å². The van der Waals surface area contributed by atoms with Crippen LogP contribution in [0.15, 0.2) is 24.3 Å². The van der Waals surface area contributed by atoms with Crippen LogP contribution in [0.25, 0.3) is 0 Å². The zero-order valence-electron chi connectivity index (χ0n) is 11.3. The molecule has 0 heterocycles. The second-order valence-electron chi connectivity index (χ2n) is 4.36. The molecule has 2 N–H and O–H groups in total. The van der Waals surface area contributed by atoms with Crippen LogP contribution in [-0.2, 0) is 4.79 Å². The molecule has 0 aliphatic carbocycles. The van der Waals surface area contributed by atoms with Crippen LogP contribution in [0, 0.1) is 0 Å². The van der Waals surface area contributed by atoms with E-state index in [9.17, 15) is 4.79 Å². The summed E-state index contributed by atoms with van der Waals surface area (Å²) in [6.07, 6.45) is 2.06. The van der Waals surface area contributed by atoms with Crippen molar-refractivity contribution in [1.82, 2.24) is 4.90 Å². The van der Waals surface area contributed by atoms with Crippen LogP contribution in [0.1, 0.15) is 19.3 Å². The van der Waals surface area contributed by atoms with Crippen molar-refractivity contribution in [2.75, 3.05) is 26.7 Å². The van der Waals surface area contributed by atoms with Crippen molar-refractivity contribution in [1.29, 1.82) is 0 Å². The number of ether oxygens (including phenoxy) is 1. The first-order chi connectivity index (χ1) is 9.13. The number of amides is 1. The molecule has 106 valence electrons. The van der Waals surface area contributed by atoms with E-state index in [0.717, 1.165) is 18.6 Å². The largest absolute Gasteiger partial charge is 0.494 e. The number of hydrogen-bond acceptors (Lipinski definition) is 3. The summed E-state index contributed by atoms with van der Waals surface area (Å²) in [5, 5.41) is 0.692. The van der Waals surface area contributed by atoms with Crippen LogP contribution in [-0.4, -0.2) is 37.6 Å². The number of rotatable bonds is 8. The highest BCUT2D eigenvalue weighted by Crippen LogP contribution is 2.15. The first kappa shape index (κ1) is 15.8. The molecule has 1 amide bonds. The molecule has 0 atom stereocenters. The predicted octanol–water partition coefficient (Wildman–Crippen LogP) is 2.31. The monoisotopic (exact) mass is 284 g/mol. The molecule has 4 nitrogen and oxygen atoms in total. The smallest absolute Gasteiger partial charge is 0.222 e.